The van der Waals surface area contributed by atoms with Gasteiger partial charge < -0.3 is 10.6 Å². The Morgan fingerprint density at radius 1 is 1.27 bits per heavy atom. The maximum atomic E-state index is 12.2. The first-order valence-corrected chi connectivity index (χ1v) is 8.67. The molecule has 0 aliphatic carbocycles. The zero-order valence-electron chi connectivity index (χ0n) is 14.3. The molecule has 0 radical (unpaired) electrons. The highest BCUT2D eigenvalue weighted by Gasteiger charge is 2.16. The summed E-state index contributed by atoms with van der Waals surface area (Å²) in [6, 6.07) is 5.25. The van der Waals surface area contributed by atoms with Crippen molar-refractivity contribution in [2.75, 3.05) is 6.54 Å². The largest absolute Gasteiger partial charge is 0.352 e. The maximum absolute atomic E-state index is 12.2. The molecule has 2 N–H and O–H groups in total. The van der Waals surface area contributed by atoms with Crippen LogP contribution in [0.2, 0.25) is 10.0 Å². The Balaban J connectivity index is 0.00000169. The predicted molar refractivity (Wildman–Crippen MR) is 111 cm³/mol. The van der Waals surface area contributed by atoms with E-state index < -0.39 is 0 Å². The lowest BCUT2D eigenvalue weighted by Crippen LogP contribution is -2.29. The molecular formula is C18H21Cl4N3O. The van der Waals surface area contributed by atoms with Crippen LogP contribution in [0.15, 0.2) is 24.4 Å². The summed E-state index contributed by atoms with van der Waals surface area (Å²) in [5, 5.41) is 7.30. The van der Waals surface area contributed by atoms with Crippen molar-refractivity contribution in [1.82, 2.24) is 15.6 Å². The highest BCUT2D eigenvalue weighted by molar-refractivity contribution is 6.42. The molecule has 0 saturated carbocycles. The van der Waals surface area contributed by atoms with Gasteiger partial charge in [0, 0.05) is 25.0 Å². The molecule has 0 saturated heterocycles. The summed E-state index contributed by atoms with van der Waals surface area (Å²) in [5.41, 5.74) is 5.50. The zero-order valence-corrected chi connectivity index (χ0v) is 17.4. The van der Waals surface area contributed by atoms with Crippen LogP contribution in [0, 0.1) is 6.92 Å². The molecule has 0 spiro atoms. The second-order valence-electron chi connectivity index (χ2n) is 5.95. The molecule has 1 aromatic carbocycles. The van der Waals surface area contributed by atoms with Gasteiger partial charge in [-0.15, -0.1) is 24.8 Å². The molecule has 1 aliphatic rings. The summed E-state index contributed by atoms with van der Waals surface area (Å²) in [6.45, 7) is 4.29. The van der Waals surface area contributed by atoms with Crippen molar-refractivity contribution >= 4 is 53.9 Å². The van der Waals surface area contributed by atoms with Gasteiger partial charge in [0.15, 0.2) is 0 Å². The van der Waals surface area contributed by atoms with E-state index in [2.05, 4.69) is 15.6 Å². The van der Waals surface area contributed by atoms with Gasteiger partial charge in [-0.05, 0) is 54.3 Å². The van der Waals surface area contributed by atoms with Gasteiger partial charge in [-0.2, -0.15) is 0 Å². The normalized spacial score (nSPS) is 12.4. The summed E-state index contributed by atoms with van der Waals surface area (Å²) in [4.78, 5) is 16.7. The summed E-state index contributed by atoms with van der Waals surface area (Å²) < 4.78 is 0. The van der Waals surface area contributed by atoms with E-state index in [9.17, 15) is 4.79 Å². The second kappa shape index (κ2) is 10.3. The smallest absolute Gasteiger partial charge is 0.224 e. The molecule has 1 amide bonds. The fraction of sp³-hybridized carbons (Fsp3) is 0.333. The molecule has 2 aromatic rings. The van der Waals surface area contributed by atoms with Crippen LogP contribution >= 0.6 is 48.0 Å². The Hall–Kier alpha value is -1.04. The first-order valence-electron chi connectivity index (χ1n) is 7.92. The lowest BCUT2D eigenvalue weighted by Gasteiger charge is -2.21. The van der Waals surface area contributed by atoms with Crippen LogP contribution in [0.25, 0.3) is 0 Å². The summed E-state index contributed by atoms with van der Waals surface area (Å²) in [7, 11) is 0. The van der Waals surface area contributed by atoms with E-state index in [1.165, 1.54) is 11.1 Å². The lowest BCUT2D eigenvalue weighted by molar-refractivity contribution is -0.120. The van der Waals surface area contributed by atoms with Crippen molar-refractivity contribution in [3.63, 3.8) is 0 Å². The molecule has 0 fully saturated rings. The molecule has 8 heteroatoms. The number of aryl methyl sites for hydroxylation is 1. The fourth-order valence-electron chi connectivity index (χ4n) is 2.96. The number of hydrogen-bond donors (Lipinski definition) is 2. The molecule has 2 heterocycles. The molecule has 0 bridgehead atoms. The van der Waals surface area contributed by atoms with Crippen LogP contribution < -0.4 is 10.6 Å². The van der Waals surface area contributed by atoms with E-state index in [-0.39, 0.29) is 37.1 Å². The van der Waals surface area contributed by atoms with Crippen molar-refractivity contribution in [2.24, 2.45) is 0 Å². The van der Waals surface area contributed by atoms with E-state index in [0.29, 0.717) is 16.6 Å². The van der Waals surface area contributed by atoms with E-state index in [0.717, 1.165) is 36.3 Å². The summed E-state index contributed by atoms with van der Waals surface area (Å²) in [6.07, 6.45) is 3.18. The van der Waals surface area contributed by atoms with E-state index in [1.807, 2.05) is 19.2 Å². The molecule has 1 aliphatic heterocycles. The molecule has 0 atom stereocenters. The number of carbonyl (C=O) groups is 1. The van der Waals surface area contributed by atoms with Crippen LogP contribution in [0.3, 0.4) is 0 Å². The minimum Gasteiger partial charge on any atom is -0.352 e. The van der Waals surface area contributed by atoms with Crippen LogP contribution in [-0.4, -0.2) is 17.4 Å². The number of amides is 1. The topological polar surface area (TPSA) is 54.0 Å². The quantitative estimate of drug-likeness (QED) is 0.760. The van der Waals surface area contributed by atoms with Crippen LogP contribution in [0.5, 0.6) is 0 Å². The number of halogens is 4. The minimum atomic E-state index is -0.0423. The third-order valence-corrected chi connectivity index (χ3v) is 5.02. The number of fused-ring (bicyclic) bond motifs is 1. The Morgan fingerprint density at radius 3 is 2.77 bits per heavy atom. The van der Waals surface area contributed by atoms with Crippen molar-refractivity contribution < 1.29 is 4.79 Å². The molecule has 1 aromatic heterocycles. The first kappa shape index (κ1) is 23.0. The lowest BCUT2D eigenvalue weighted by atomic mass is 9.96. The van der Waals surface area contributed by atoms with Crippen molar-refractivity contribution in [1.29, 1.82) is 0 Å². The van der Waals surface area contributed by atoms with Gasteiger partial charge in [0.25, 0.3) is 0 Å². The number of hydrogen-bond acceptors (Lipinski definition) is 3. The highest BCUT2D eigenvalue weighted by Crippen LogP contribution is 2.23. The first-order chi connectivity index (χ1) is 11.5. The molecule has 4 nitrogen and oxygen atoms in total. The van der Waals surface area contributed by atoms with Crippen LogP contribution in [-0.2, 0) is 30.7 Å². The summed E-state index contributed by atoms with van der Waals surface area (Å²) >= 11 is 11.9. The van der Waals surface area contributed by atoms with Crippen molar-refractivity contribution in [3.8, 4) is 0 Å². The van der Waals surface area contributed by atoms with Gasteiger partial charge in [-0.25, -0.2) is 0 Å². The minimum absolute atomic E-state index is 0. The number of nitrogens with zero attached hydrogens (tertiary/aromatic N) is 1. The van der Waals surface area contributed by atoms with E-state index in [1.54, 1.807) is 12.1 Å². The van der Waals surface area contributed by atoms with Gasteiger partial charge in [-0.3, -0.25) is 9.78 Å². The maximum Gasteiger partial charge on any atom is 0.224 e. The molecule has 26 heavy (non-hydrogen) atoms. The van der Waals surface area contributed by atoms with Gasteiger partial charge in [0.1, 0.15) is 0 Å². The number of benzene rings is 1. The highest BCUT2D eigenvalue weighted by atomic mass is 35.5. The molecular weight excluding hydrogens is 416 g/mol. The number of aromatic nitrogens is 1. The van der Waals surface area contributed by atoms with Gasteiger partial charge in [0.2, 0.25) is 5.91 Å². The molecule has 3 rings (SSSR count). The predicted octanol–water partition coefficient (Wildman–Crippen LogP) is 4.05. The average Bonchev–Trinajstić information content (AvgIpc) is 2.57. The van der Waals surface area contributed by atoms with E-state index in [4.69, 9.17) is 23.2 Å². The molecule has 0 unspecified atom stereocenters. The Kier molecular flexibility index (Phi) is 9.14. The van der Waals surface area contributed by atoms with Crippen molar-refractivity contribution in [2.45, 2.75) is 32.9 Å². The van der Waals surface area contributed by atoms with E-state index >= 15 is 0 Å². The molecule has 142 valence electrons. The zero-order chi connectivity index (χ0) is 17.1. The van der Waals surface area contributed by atoms with Gasteiger partial charge in [0.05, 0.1) is 16.5 Å². The number of rotatable bonds is 4. The Morgan fingerprint density at radius 2 is 2.04 bits per heavy atom. The Labute approximate surface area is 175 Å². The standard InChI is InChI=1S/C18H19Cl2N3O.2ClH/c1-11-15(14-4-5-21-8-13(14)9-22-11)10-23-18(24)7-12-2-3-16(19)17(20)6-12;;/h2-3,6,9,21H,4-5,7-8,10H2,1H3,(H,23,24);2*1H. The third kappa shape index (κ3) is 5.48. The van der Waals surface area contributed by atoms with Gasteiger partial charge in [-0.1, -0.05) is 29.3 Å². The Bertz CT molecular complexity index is 783. The SMILES string of the molecule is Cc1ncc2c(c1CNC(=O)Cc1ccc(Cl)c(Cl)c1)CCNC2.Cl.Cl. The van der Waals surface area contributed by atoms with Crippen LogP contribution in [0.4, 0.5) is 0 Å². The summed E-state index contributed by atoms with van der Waals surface area (Å²) in [5.74, 6) is -0.0423. The average molecular weight is 437 g/mol. The van der Waals surface area contributed by atoms with Crippen molar-refractivity contribution in [3.05, 3.63) is 62.4 Å². The van der Waals surface area contributed by atoms with Gasteiger partial charge >= 0.3 is 0 Å². The van der Waals surface area contributed by atoms with Crippen LogP contribution in [0.1, 0.15) is 27.9 Å². The number of nitrogens with one attached hydrogen (secondary N) is 2. The number of pyridine rings is 1. The second-order valence-corrected chi connectivity index (χ2v) is 6.77. The third-order valence-electron chi connectivity index (χ3n) is 4.28. The fourth-order valence-corrected chi connectivity index (χ4v) is 3.28. The number of carbonyl (C=O) groups excluding carboxylic acids is 1. The monoisotopic (exact) mass is 435 g/mol.